The summed E-state index contributed by atoms with van der Waals surface area (Å²) in [5.41, 5.74) is 7.49. The number of allylic oxidation sites excluding steroid dienone is 2. The lowest BCUT2D eigenvalue weighted by molar-refractivity contribution is 0.584. The number of hydrogen-bond donors (Lipinski definition) is 0. The van der Waals surface area contributed by atoms with Gasteiger partial charge in [-0.1, -0.05) is 54.6 Å². The lowest BCUT2D eigenvalue weighted by atomic mass is 9.79. The first-order valence-corrected chi connectivity index (χ1v) is 9.21. The third-order valence-electron chi connectivity index (χ3n) is 5.22. The van der Waals surface area contributed by atoms with E-state index in [4.69, 9.17) is 0 Å². The molecule has 0 saturated carbocycles. The van der Waals surface area contributed by atoms with Gasteiger partial charge in [0.25, 0.3) is 0 Å². The van der Waals surface area contributed by atoms with E-state index in [9.17, 15) is 0 Å². The number of benzene rings is 2. The molecule has 0 heteroatoms. The maximum absolute atomic E-state index is 3.82. The Balaban J connectivity index is 1.68. The lowest BCUT2D eigenvalue weighted by Crippen LogP contribution is -2.13. The Morgan fingerprint density at radius 1 is 0.833 bits per heavy atom. The van der Waals surface area contributed by atoms with Crippen LogP contribution < -0.4 is 0 Å². The highest BCUT2D eigenvalue weighted by molar-refractivity contribution is 5.37. The minimum absolute atomic E-state index is 0.671. The largest absolute Gasteiger partial charge is 0.103 e. The van der Waals surface area contributed by atoms with Crippen molar-refractivity contribution in [2.24, 2.45) is 0 Å². The second-order valence-corrected chi connectivity index (χ2v) is 6.94. The molecule has 24 heavy (non-hydrogen) atoms. The van der Waals surface area contributed by atoms with Crippen LogP contribution in [0.3, 0.4) is 0 Å². The molecule has 3 rings (SSSR count). The Hall–Kier alpha value is -2.08. The SMILES string of the molecule is C=CCCc1ccc(C2CCc3cc(CCC=C)ccc3C2)cc1. The molecule has 0 nitrogen and oxygen atoms in total. The van der Waals surface area contributed by atoms with Crippen molar-refractivity contribution in [2.75, 3.05) is 0 Å². The summed E-state index contributed by atoms with van der Waals surface area (Å²) in [5, 5.41) is 0. The third kappa shape index (κ3) is 4.06. The summed E-state index contributed by atoms with van der Waals surface area (Å²) in [7, 11) is 0. The van der Waals surface area contributed by atoms with Gasteiger partial charge >= 0.3 is 0 Å². The van der Waals surface area contributed by atoms with Gasteiger partial charge in [0.05, 0.1) is 0 Å². The molecule has 0 aromatic heterocycles. The van der Waals surface area contributed by atoms with Crippen LogP contribution in [0.1, 0.15) is 53.0 Å². The van der Waals surface area contributed by atoms with E-state index < -0.39 is 0 Å². The van der Waals surface area contributed by atoms with Crippen molar-refractivity contribution >= 4 is 0 Å². The molecule has 2 aromatic rings. The zero-order valence-electron chi connectivity index (χ0n) is 14.6. The molecule has 2 aromatic carbocycles. The highest BCUT2D eigenvalue weighted by atomic mass is 14.2. The van der Waals surface area contributed by atoms with Crippen molar-refractivity contribution in [3.05, 3.63) is 95.6 Å². The molecule has 1 aliphatic carbocycles. The van der Waals surface area contributed by atoms with Gasteiger partial charge in [-0.15, -0.1) is 13.2 Å². The van der Waals surface area contributed by atoms with Gasteiger partial charge in [0.1, 0.15) is 0 Å². The van der Waals surface area contributed by atoms with Crippen LogP contribution in [0.15, 0.2) is 67.8 Å². The number of aryl methyl sites for hydroxylation is 3. The molecule has 0 fully saturated rings. The van der Waals surface area contributed by atoms with E-state index in [0.29, 0.717) is 5.92 Å². The van der Waals surface area contributed by atoms with Crippen LogP contribution in [0.5, 0.6) is 0 Å². The van der Waals surface area contributed by atoms with E-state index >= 15 is 0 Å². The van der Waals surface area contributed by atoms with E-state index in [2.05, 4.69) is 55.6 Å². The summed E-state index contributed by atoms with van der Waals surface area (Å²) < 4.78 is 0. The zero-order chi connectivity index (χ0) is 16.8. The van der Waals surface area contributed by atoms with Crippen LogP contribution in [0.4, 0.5) is 0 Å². The predicted octanol–water partition coefficient (Wildman–Crippen LogP) is 6.20. The topological polar surface area (TPSA) is 0 Å². The normalized spacial score (nSPS) is 16.4. The maximum Gasteiger partial charge on any atom is -0.0118 e. The Morgan fingerprint density at radius 3 is 2.21 bits per heavy atom. The fourth-order valence-electron chi connectivity index (χ4n) is 3.74. The molecule has 0 bridgehead atoms. The predicted molar refractivity (Wildman–Crippen MR) is 105 cm³/mol. The first-order valence-electron chi connectivity index (χ1n) is 9.21. The molecular formula is C24H28. The maximum atomic E-state index is 3.82. The highest BCUT2D eigenvalue weighted by Gasteiger charge is 2.20. The fourth-order valence-corrected chi connectivity index (χ4v) is 3.74. The van der Waals surface area contributed by atoms with Crippen LogP contribution >= 0.6 is 0 Å². The van der Waals surface area contributed by atoms with E-state index in [0.717, 1.165) is 25.7 Å². The average molecular weight is 316 g/mol. The fraction of sp³-hybridized carbons (Fsp3) is 0.333. The van der Waals surface area contributed by atoms with Gasteiger partial charge in [-0.2, -0.15) is 0 Å². The highest BCUT2D eigenvalue weighted by Crippen LogP contribution is 2.33. The van der Waals surface area contributed by atoms with Crippen LogP contribution in [0.25, 0.3) is 0 Å². The van der Waals surface area contributed by atoms with E-state index in [1.807, 2.05) is 12.2 Å². The Kier molecular flexibility index (Phi) is 5.69. The smallest absolute Gasteiger partial charge is 0.0118 e. The Bertz CT molecular complexity index is 690. The molecule has 0 aliphatic heterocycles. The molecule has 0 spiro atoms. The van der Waals surface area contributed by atoms with Crippen molar-refractivity contribution < 1.29 is 0 Å². The number of hydrogen-bond acceptors (Lipinski definition) is 0. The molecule has 0 N–H and O–H groups in total. The van der Waals surface area contributed by atoms with E-state index in [-0.39, 0.29) is 0 Å². The summed E-state index contributed by atoms with van der Waals surface area (Å²) >= 11 is 0. The van der Waals surface area contributed by atoms with E-state index in [1.165, 1.54) is 36.0 Å². The van der Waals surface area contributed by atoms with Gasteiger partial charge in [0, 0.05) is 0 Å². The second-order valence-electron chi connectivity index (χ2n) is 6.94. The van der Waals surface area contributed by atoms with Crippen molar-refractivity contribution in [3.8, 4) is 0 Å². The van der Waals surface area contributed by atoms with Gasteiger partial charge in [-0.3, -0.25) is 0 Å². The summed E-state index contributed by atoms with van der Waals surface area (Å²) in [6.07, 6.45) is 12.0. The minimum Gasteiger partial charge on any atom is -0.103 e. The molecule has 0 heterocycles. The Morgan fingerprint density at radius 2 is 1.50 bits per heavy atom. The minimum atomic E-state index is 0.671. The molecule has 0 radical (unpaired) electrons. The first-order chi connectivity index (χ1) is 11.8. The molecule has 0 amide bonds. The van der Waals surface area contributed by atoms with E-state index in [1.54, 1.807) is 11.1 Å². The monoisotopic (exact) mass is 316 g/mol. The molecule has 124 valence electrons. The van der Waals surface area contributed by atoms with Gasteiger partial charge < -0.3 is 0 Å². The zero-order valence-corrected chi connectivity index (χ0v) is 14.6. The van der Waals surface area contributed by atoms with Crippen molar-refractivity contribution in [3.63, 3.8) is 0 Å². The molecule has 0 saturated heterocycles. The van der Waals surface area contributed by atoms with Gasteiger partial charge in [-0.05, 0) is 78.7 Å². The summed E-state index contributed by atoms with van der Waals surface area (Å²) in [6, 6.07) is 16.4. The Labute approximate surface area is 146 Å². The summed E-state index contributed by atoms with van der Waals surface area (Å²) in [4.78, 5) is 0. The lowest BCUT2D eigenvalue weighted by Gasteiger charge is -2.25. The molecule has 1 unspecified atom stereocenters. The van der Waals surface area contributed by atoms with Gasteiger partial charge in [0.15, 0.2) is 0 Å². The van der Waals surface area contributed by atoms with Gasteiger partial charge in [0.2, 0.25) is 0 Å². The third-order valence-corrected chi connectivity index (χ3v) is 5.22. The average Bonchev–Trinajstić information content (AvgIpc) is 2.64. The number of fused-ring (bicyclic) bond motifs is 1. The molecule has 1 atom stereocenters. The van der Waals surface area contributed by atoms with Gasteiger partial charge in [-0.25, -0.2) is 0 Å². The van der Waals surface area contributed by atoms with Crippen LogP contribution in [0.2, 0.25) is 0 Å². The molecule has 1 aliphatic rings. The van der Waals surface area contributed by atoms with Crippen LogP contribution in [-0.4, -0.2) is 0 Å². The number of rotatable bonds is 7. The summed E-state index contributed by atoms with van der Waals surface area (Å²) in [6.45, 7) is 7.63. The first kappa shape index (κ1) is 16.8. The van der Waals surface area contributed by atoms with Crippen molar-refractivity contribution in [2.45, 2.75) is 50.9 Å². The summed E-state index contributed by atoms with van der Waals surface area (Å²) in [5.74, 6) is 0.671. The quantitative estimate of drug-likeness (QED) is 0.534. The standard InChI is InChI=1S/C24H28/c1-3-5-7-19-9-12-21(13-10-19)23-16-15-22-17-20(8-6-4-2)11-14-24(22)18-23/h3-4,9-14,17,23H,1-2,5-8,15-16,18H2. The second kappa shape index (κ2) is 8.15. The van der Waals surface area contributed by atoms with Crippen molar-refractivity contribution in [1.82, 2.24) is 0 Å². The molecular weight excluding hydrogens is 288 g/mol. The van der Waals surface area contributed by atoms with Crippen molar-refractivity contribution in [1.29, 1.82) is 0 Å². The van der Waals surface area contributed by atoms with Crippen LogP contribution in [0, 0.1) is 0 Å². The van der Waals surface area contributed by atoms with Crippen LogP contribution in [-0.2, 0) is 25.7 Å².